The van der Waals surface area contributed by atoms with Crippen molar-refractivity contribution in [2.24, 2.45) is 5.92 Å². The molecule has 140 valence electrons. The quantitative estimate of drug-likeness (QED) is 0.733. The molecule has 0 aliphatic heterocycles. The lowest BCUT2D eigenvalue weighted by Crippen LogP contribution is -2.42. The average Bonchev–Trinajstić information content (AvgIpc) is 2.91. The summed E-state index contributed by atoms with van der Waals surface area (Å²) in [5.74, 6) is -2.02. The highest BCUT2D eigenvalue weighted by Gasteiger charge is 2.47. The largest absolute Gasteiger partial charge is 0.390 e. The number of hydrogen-bond acceptors (Lipinski definition) is 7. The van der Waals surface area contributed by atoms with E-state index in [9.17, 15) is 24.1 Å². The van der Waals surface area contributed by atoms with Crippen LogP contribution in [-0.2, 0) is 0 Å². The summed E-state index contributed by atoms with van der Waals surface area (Å²) in [5, 5.41) is 31.3. The van der Waals surface area contributed by atoms with Crippen molar-refractivity contribution in [2.75, 3.05) is 11.9 Å². The molecule has 5 atom stereocenters. The summed E-state index contributed by atoms with van der Waals surface area (Å²) < 4.78 is 26.5. The Morgan fingerprint density at radius 3 is 2.54 bits per heavy atom. The number of aromatic nitrogens is 3. The zero-order chi connectivity index (χ0) is 19.0. The van der Waals surface area contributed by atoms with Gasteiger partial charge in [-0.15, -0.1) is 0 Å². The highest BCUT2D eigenvalue weighted by atomic mass is 19.2. The second kappa shape index (κ2) is 7.18. The number of aliphatic hydroxyl groups is 3. The number of aryl methyl sites for hydroxylation is 1. The molecule has 26 heavy (non-hydrogen) atoms. The van der Waals surface area contributed by atoms with Gasteiger partial charge in [0.2, 0.25) is 5.95 Å². The van der Waals surface area contributed by atoms with E-state index >= 15 is 0 Å². The molecule has 3 rings (SSSR count). The molecular formula is C17H20F2N4O3. The van der Waals surface area contributed by atoms with E-state index in [1.165, 1.54) is 12.4 Å². The molecule has 1 saturated carbocycles. The van der Waals surface area contributed by atoms with E-state index in [-0.39, 0.29) is 12.0 Å². The van der Waals surface area contributed by atoms with Crippen LogP contribution in [0.3, 0.4) is 0 Å². The maximum Gasteiger partial charge on any atom is 0.228 e. The predicted molar refractivity (Wildman–Crippen MR) is 88.2 cm³/mol. The van der Waals surface area contributed by atoms with E-state index in [1.807, 2.05) is 0 Å². The average molecular weight is 366 g/mol. The van der Waals surface area contributed by atoms with Gasteiger partial charge in [-0.1, -0.05) is 6.07 Å². The fourth-order valence-electron chi connectivity index (χ4n) is 3.37. The maximum absolute atomic E-state index is 13.4. The van der Waals surface area contributed by atoms with Crippen molar-refractivity contribution in [3.63, 3.8) is 0 Å². The molecule has 0 radical (unpaired) electrons. The van der Waals surface area contributed by atoms with Crippen molar-refractivity contribution >= 4 is 5.95 Å². The van der Waals surface area contributed by atoms with Gasteiger partial charge in [0.15, 0.2) is 11.6 Å². The second-order valence-corrected chi connectivity index (χ2v) is 6.51. The number of halogens is 2. The van der Waals surface area contributed by atoms with Crippen molar-refractivity contribution in [2.45, 2.75) is 37.7 Å². The topological polar surface area (TPSA) is 103 Å². The number of nitrogens with zero attached hydrogens (tertiary/aromatic N) is 4. The monoisotopic (exact) mass is 366 g/mol. The van der Waals surface area contributed by atoms with Crippen LogP contribution in [0, 0.1) is 24.5 Å². The highest BCUT2D eigenvalue weighted by molar-refractivity contribution is 5.32. The lowest BCUT2D eigenvalue weighted by Gasteiger charge is -2.27. The number of benzene rings is 1. The standard InChI is InChI=1S/C17H20F2N4O3/c1-8-20-7-21-17(22-8)23(2)13-6-10(15(25)16(13)26)14(24)9-3-4-11(18)12(19)5-9/h3-5,7,10,13-16,24-26H,6H2,1-2H3/t10-,13-,14-,15-,16+/m1/s1. The van der Waals surface area contributed by atoms with E-state index in [4.69, 9.17) is 0 Å². The fourth-order valence-corrected chi connectivity index (χ4v) is 3.37. The van der Waals surface area contributed by atoms with Crippen LogP contribution in [0.4, 0.5) is 14.7 Å². The maximum atomic E-state index is 13.4. The van der Waals surface area contributed by atoms with Crippen LogP contribution >= 0.6 is 0 Å². The Labute approximate surface area is 149 Å². The molecular weight excluding hydrogens is 346 g/mol. The molecule has 1 heterocycles. The number of hydrogen-bond donors (Lipinski definition) is 3. The van der Waals surface area contributed by atoms with Gasteiger partial charge < -0.3 is 20.2 Å². The van der Waals surface area contributed by atoms with Gasteiger partial charge >= 0.3 is 0 Å². The molecule has 0 spiro atoms. The molecule has 2 aromatic rings. The summed E-state index contributed by atoms with van der Waals surface area (Å²) in [6.45, 7) is 1.70. The molecule has 3 N–H and O–H groups in total. The Kier molecular flexibility index (Phi) is 5.12. The van der Waals surface area contributed by atoms with Crippen LogP contribution in [0.2, 0.25) is 0 Å². The third-order valence-electron chi connectivity index (χ3n) is 4.88. The first-order chi connectivity index (χ1) is 12.3. The molecule has 1 aliphatic rings. The van der Waals surface area contributed by atoms with Crippen LogP contribution in [0.1, 0.15) is 23.9 Å². The molecule has 7 nitrogen and oxygen atoms in total. The van der Waals surface area contributed by atoms with E-state index in [2.05, 4.69) is 15.0 Å². The van der Waals surface area contributed by atoms with E-state index in [0.29, 0.717) is 11.8 Å². The zero-order valence-electron chi connectivity index (χ0n) is 14.3. The Bertz CT molecular complexity index is 794. The molecule has 0 saturated heterocycles. The van der Waals surface area contributed by atoms with Crippen molar-refractivity contribution in [3.05, 3.63) is 47.5 Å². The van der Waals surface area contributed by atoms with Crippen LogP contribution in [-0.4, -0.2) is 55.6 Å². The zero-order valence-corrected chi connectivity index (χ0v) is 14.3. The minimum absolute atomic E-state index is 0.138. The molecule has 0 amide bonds. The molecule has 0 unspecified atom stereocenters. The Morgan fingerprint density at radius 2 is 1.88 bits per heavy atom. The minimum Gasteiger partial charge on any atom is -0.390 e. The predicted octanol–water partition coefficient (Wildman–Crippen LogP) is 0.738. The number of rotatable bonds is 4. The molecule has 9 heteroatoms. The first kappa shape index (κ1) is 18.6. The summed E-state index contributed by atoms with van der Waals surface area (Å²) in [7, 11) is 1.67. The van der Waals surface area contributed by atoms with Crippen molar-refractivity contribution in [1.29, 1.82) is 0 Å². The Hall–Kier alpha value is -2.23. The van der Waals surface area contributed by atoms with Crippen LogP contribution in [0.25, 0.3) is 0 Å². The van der Waals surface area contributed by atoms with Gasteiger partial charge in [-0.25, -0.2) is 18.7 Å². The van der Waals surface area contributed by atoms with Gasteiger partial charge in [0.05, 0.1) is 18.2 Å². The first-order valence-corrected chi connectivity index (χ1v) is 8.17. The molecule has 1 aromatic carbocycles. The van der Waals surface area contributed by atoms with Gasteiger partial charge in [-0.2, -0.15) is 4.98 Å². The van der Waals surface area contributed by atoms with E-state index in [1.54, 1.807) is 18.9 Å². The van der Waals surface area contributed by atoms with Gasteiger partial charge in [0, 0.05) is 13.0 Å². The normalized spacial score (nSPS) is 26.7. The molecule has 1 fully saturated rings. The first-order valence-electron chi connectivity index (χ1n) is 8.17. The summed E-state index contributed by atoms with van der Waals surface area (Å²) in [6, 6.07) is 2.51. The molecule has 1 aliphatic carbocycles. The Balaban J connectivity index is 1.81. The highest BCUT2D eigenvalue weighted by Crippen LogP contribution is 2.39. The number of aliphatic hydroxyl groups excluding tert-OH is 3. The SMILES string of the molecule is Cc1ncnc(N(C)[C@@H]2C[C@H]([C@H](O)c3ccc(F)c(F)c3)[C@@H](O)[C@H]2O)n1. The summed E-state index contributed by atoms with van der Waals surface area (Å²) >= 11 is 0. The molecule has 1 aromatic heterocycles. The number of likely N-dealkylation sites (N-methyl/N-ethyl adjacent to an activating group) is 1. The smallest absolute Gasteiger partial charge is 0.228 e. The number of anilines is 1. The van der Waals surface area contributed by atoms with Crippen molar-refractivity contribution < 1.29 is 24.1 Å². The van der Waals surface area contributed by atoms with Crippen LogP contribution in [0.15, 0.2) is 24.5 Å². The Morgan fingerprint density at radius 1 is 1.15 bits per heavy atom. The minimum atomic E-state index is -1.26. The van der Waals surface area contributed by atoms with Gasteiger partial charge in [-0.3, -0.25) is 0 Å². The van der Waals surface area contributed by atoms with Crippen molar-refractivity contribution in [1.82, 2.24) is 15.0 Å². The van der Waals surface area contributed by atoms with Gasteiger partial charge in [0.25, 0.3) is 0 Å². The van der Waals surface area contributed by atoms with E-state index < -0.39 is 41.9 Å². The van der Waals surface area contributed by atoms with Gasteiger partial charge in [-0.05, 0) is 31.0 Å². The fraction of sp³-hybridized carbons (Fsp3) is 0.471. The van der Waals surface area contributed by atoms with Crippen LogP contribution in [0.5, 0.6) is 0 Å². The summed E-state index contributed by atoms with van der Waals surface area (Å²) in [6.07, 6.45) is -2.10. The van der Waals surface area contributed by atoms with Gasteiger partial charge in [0.1, 0.15) is 18.3 Å². The summed E-state index contributed by atoms with van der Waals surface area (Å²) in [4.78, 5) is 13.8. The lowest BCUT2D eigenvalue weighted by molar-refractivity contribution is -0.0232. The van der Waals surface area contributed by atoms with Crippen LogP contribution < -0.4 is 4.90 Å². The molecule has 0 bridgehead atoms. The lowest BCUT2D eigenvalue weighted by atomic mass is 9.92. The third kappa shape index (κ3) is 3.37. The summed E-state index contributed by atoms with van der Waals surface area (Å²) in [5.41, 5.74) is 0.138. The third-order valence-corrected chi connectivity index (χ3v) is 4.88. The van der Waals surface area contributed by atoms with E-state index in [0.717, 1.165) is 12.1 Å². The van der Waals surface area contributed by atoms with Crippen molar-refractivity contribution in [3.8, 4) is 0 Å². The second-order valence-electron chi connectivity index (χ2n) is 6.51.